The third kappa shape index (κ3) is 2.60. The van der Waals surface area contributed by atoms with Crippen molar-refractivity contribution >= 4 is 0 Å². The first-order chi connectivity index (χ1) is 7.41. The van der Waals surface area contributed by atoms with Crippen molar-refractivity contribution in [3.63, 3.8) is 0 Å². The van der Waals surface area contributed by atoms with Gasteiger partial charge in [0.25, 0.3) is 0 Å². The summed E-state index contributed by atoms with van der Waals surface area (Å²) in [7, 11) is 0. The van der Waals surface area contributed by atoms with Gasteiger partial charge >= 0.3 is 0 Å². The van der Waals surface area contributed by atoms with Crippen LogP contribution in [0, 0.1) is 11.3 Å². The highest BCUT2D eigenvalue weighted by Gasteiger charge is 2.40. The van der Waals surface area contributed by atoms with Crippen LogP contribution in [0.2, 0.25) is 0 Å². The Morgan fingerprint density at radius 2 is 1.81 bits per heavy atom. The highest BCUT2D eigenvalue weighted by molar-refractivity contribution is 4.97. The predicted octanol–water partition coefficient (Wildman–Crippen LogP) is 2.97. The molecule has 1 saturated carbocycles. The third-order valence-corrected chi connectivity index (χ3v) is 4.42. The Morgan fingerprint density at radius 3 is 2.25 bits per heavy atom. The molecule has 1 aliphatic heterocycles. The van der Waals surface area contributed by atoms with E-state index in [1.165, 1.54) is 25.7 Å². The van der Waals surface area contributed by atoms with Crippen molar-refractivity contribution in [1.29, 1.82) is 0 Å². The summed E-state index contributed by atoms with van der Waals surface area (Å²) < 4.78 is 6.11. The van der Waals surface area contributed by atoms with Crippen molar-refractivity contribution in [1.82, 2.24) is 5.32 Å². The molecule has 2 aliphatic rings. The van der Waals surface area contributed by atoms with Crippen LogP contribution < -0.4 is 5.32 Å². The lowest BCUT2D eigenvalue weighted by atomic mass is 9.76. The van der Waals surface area contributed by atoms with E-state index in [2.05, 4.69) is 33.0 Å². The van der Waals surface area contributed by atoms with E-state index >= 15 is 0 Å². The van der Waals surface area contributed by atoms with Gasteiger partial charge in [0.15, 0.2) is 0 Å². The summed E-state index contributed by atoms with van der Waals surface area (Å²) in [5, 5.41) is 3.79. The smallest absolute Gasteiger partial charge is 0.0748 e. The molecule has 0 radical (unpaired) electrons. The van der Waals surface area contributed by atoms with E-state index in [4.69, 9.17) is 4.74 Å². The second-order valence-electron chi connectivity index (χ2n) is 7.01. The zero-order valence-electron chi connectivity index (χ0n) is 11.3. The maximum absolute atomic E-state index is 6.11. The fourth-order valence-corrected chi connectivity index (χ4v) is 2.87. The van der Waals surface area contributed by atoms with Crippen LogP contribution in [0.1, 0.15) is 53.4 Å². The summed E-state index contributed by atoms with van der Waals surface area (Å²) in [5.74, 6) is 0.910. The summed E-state index contributed by atoms with van der Waals surface area (Å²) in [6.45, 7) is 11.1. The third-order valence-electron chi connectivity index (χ3n) is 4.42. The highest BCUT2D eigenvalue weighted by Crippen LogP contribution is 2.36. The minimum Gasteiger partial charge on any atom is -0.374 e. The quantitative estimate of drug-likeness (QED) is 0.684. The first-order valence-corrected chi connectivity index (χ1v) is 6.78. The summed E-state index contributed by atoms with van der Waals surface area (Å²) >= 11 is 0. The van der Waals surface area contributed by atoms with Crippen LogP contribution in [-0.2, 0) is 4.74 Å². The van der Waals surface area contributed by atoms with E-state index in [9.17, 15) is 0 Å². The molecule has 16 heavy (non-hydrogen) atoms. The number of ether oxygens (including phenoxy) is 1. The van der Waals surface area contributed by atoms with Gasteiger partial charge in [-0.25, -0.2) is 0 Å². The van der Waals surface area contributed by atoms with Gasteiger partial charge < -0.3 is 10.1 Å². The van der Waals surface area contributed by atoms with Crippen LogP contribution in [0.4, 0.5) is 0 Å². The van der Waals surface area contributed by atoms with E-state index in [1.54, 1.807) is 0 Å². The lowest BCUT2D eigenvalue weighted by Gasteiger charge is -2.47. The van der Waals surface area contributed by atoms with Crippen molar-refractivity contribution in [3.05, 3.63) is 0 Å². The molecule has 1 saturated heterocycles. The number of rotatable bonds is 0. The lowest BCUT2D eigenvalue weighted by Crippen LogP contribution is -2.60. The average molecular weight is 225 g/mol. The molecule has 0 amide bonds. The van der Waals surface area contributed by atoms with Gasteiger partial charge in [0.2, 0.25) is 0 Å². The Balaban J connectivity index is 1.89. The Hall–Kier alpha value is -0.0800. The first kappa shape index (κ1) is 12.4. The summed E-state index contributed by atoms with van der Waals surface area (Å²) in [6.07, 6.45) is 5.68. The van der Waals surface area contributed by atoms with Crippen LogP contribution in [-0.4, -0.2) is 24.8 Å². The van der Waals surface area contributed by atoms with E-state index in [0.29, 0.717) is 11.6 Å². The molecule has 0 bridgehead atoms. The molecule has 1 heterocycles. The van der Waals surface area contributed by atoms with Gasteiger partial charge in [0.1, 0.15) is 0 Å². The molecule has 0 aromatic rings. The van der Waals surface area contributed by atoms with Gasteiger partial charge in [0, 0.05) is 12.1 Å². The molecule has 1 spiro atoms. The number of hydrogen-bond donors (Lipinski definition) is 1. The molecule has 94 valence electrons. The van der Waals surface area contributed by atoms with Crippen molar-refractivity contribution in [2.75, 3.05) is 13.2 Å². The van der Waals surface area contributed by atoms with Gasteiger partial charge in [-0.1, -0.05) is 27.7 Å². The largest absolute Gasteiger partial charge is 0.374 e. The second-order valence-corrected chi connectivity index (χ2v) is 7.01. The van der Waals surface area contributed by atoms with Crippen molar-refractivity contribution < 1.29 is 4.74 Å². The fourth-order valence-electron chi connectivity index (χ4n) is 2.87. The van der Waals surface area contributed by atoms with Gasteiger partial charge in [-0.3, -0.25) is 0 Å². The van der Waals surface area contributed by atoms with Gasteiger partial charge in [-0.05, 0) is 37.0 Å². The van der Waals surface area contributed by atoms with Gasteiger partial charge in [-0.2, -0.15) is 0 Å². The molecule has 2 fully saturated rings. The van der Waals surface area contributed by atoms with E-state index in [-0.39, 0.29) is 5.41 Å². The Bertz CT molecular complexity index is 226. The Morgan fingerprint density at radius 1 is 1.19 bits per heavy atom. The Labute approximate surface area is 100 Å². The molecule has 1 N–H and O–H groups in total. The van der Waals surface area contributed by atoms with E-state index in [0.717, 1.165) is 19.1 Å². The SMILES string of the molecule is CC1CCC2(CC1)COC(C(C)(C)C)CN2. The van der Waals surface area contributed by atoms with Gasteiger partial charge in [0.05, 0.1) is 12.7 Å². The summed E-state index contributed by atoms with van der Waals surface area (Å²) in [6, 6.07) is 0. The number of nitrogens with one attached hydrogen (secondary N) is 1. The van der Waals surface area contributed by atoms with Gasteiger partial charge in [-0.15, -0.1) is 0 Å². The van der Waals surface area contributed by atoms with Crippen molar-refractivity contribution in [2.24, 2.45) is 11.3 Å². The average Bonchev–Trinajstić information content (AvgIpc) is 2.22. The molecule has 2 nitrogen and oxygen atoms in total. The molecular weight excluding hydrogens is 198 g/mol. The van der Waals surface area contributed by atoms with Crippen molar-refractivity contribution in [2.45, 2.75) is 65.0 Å². The van der Waals surface area contributed by atoms with E-state index in [1.807, 2.05) is 0 Å². The standard InChI is InChI=1S/C14H27NO/c1-11-5-7-14(8-6-11)10-16-12(9-15-14)13(2,3)4/h11-12,15H,5-10H2,1-4H3. The lowest BCUT2D eigenvalue weighted by molar-refractivity contribution is -0.0911. The van der Waals surface area contributed by atoms with Crippen LogP contribution in [0.5, 0.6) is 0 Å². The fraction of sp³-hybridized carbons (Fsp3) is 1.00. The minimum absolute atomic E-state index is 0.260. The monoisotopic (exact) mass is 225 g/mol. The maximum atomic E-state index is 6.11. The second kappa shape index (κ2) is 4.30. The molecule has 1 atom stereocenters. The van der Waals surface area contributed by atoms with Crippen LogP contribution in [0.15, 0.2) is 0 Å². The molecular formula is C14H27NO. The summed E-state index contributed by atoms with van der Waals surface area (Å²) in [4.78, 5) is 0. The highest BCUT2D eigenvalue weighted by atomic mass is 16.5. The first-order valence-electron chi connectivity index (χ1n) is 6.78. The van der Waals surface area contributed by atoms with E-state index < -0.39 is 0 Å². The molecule has 0 aromatic carbocycles. The normalized spacial score (nSPS) is 41.2. The topological polar surface area (TPSA) is 21.3 Å². The minimum atomic E-state index is 0.260. The maximum Gasteiger partial charge on any atom is 0.0748 e. The number of morpholine rings is 1. The molecule has 1 unspecified atom stereocenters. The molecule has 0 aromatic heterocycles. The van der Waals surface area contributed by atoms with Crippen LogP contribution >= 0.6 is 0 Å². The summed E-state index contributed by atoms with van der Waals surface area (Å²) in [5.41, 5.74) is 0.574. The Kier molecular flexibility index (Phi) is 3.33. The zero-order valence-corrected chi connectivity index (χ0v) is 11.3. The zero-order chi connectivity index (χ0) is 11.8. The van der Waals surface area contributed by atoms with Crippen molar-refractivity contribution in [3.8, 4) is 0 Å². The van der Waals surface area contributed by atoms with Crippen LogP contribution in [0.3, 0.4) is 0 Å². The molecule has 1 aliphatic carbocycles. The van der Waals surface area contributed by atoms with Crippen LogP contribution in [0.25, 0.3) is 0 Å². The molecule has 2 heteroatoms. The molecule has 2 rings (SSSR count). The number of hydrogen-bond acceptors (Lipinski definition) is 2. The predicted molar refractivity (Wildman–Crippen MR) is 67.6 cm³/mol.